The molecule has 0 bridgehead atoms. The number of benzene rings is 1. The minimum Gasteiger partial charge on any atom is -0.497 e. The Balaban J connectivity index is 2.12. The number of pyridine rings is 2. The third-order valence-electron chi connectivity index (χ3n) is 3.83. The minimum absolute atomic E-state index is 0.0550. The SMILES string of the molecule is COc1ccc(Cl)c(-c2nc(NS(=O)(=O)c3cccc(F)n3)ccc2C(F)(F)F)c1. The Labute approximate surface area is 173 Å². The van der Waals surface area contributed by atoms with E-state index in [4.69, 9.17) is 16.3 Å². The first kappa shape index (κ1) is 21.8. The van der Waals surface area contributed by atoms with Gasteiger partial charge >= 0.3 is 6.18 Å². The topological polar surface area (TPSA) is 81.2 Å². The van der Waals surface area contributed by atoms with Gasteiger partial charge in [-0.3, -0.25) is 4.72 Å². The van der Waals surface area contributed by atoms with Gasteiger partial charge in [0.2, 0.25) is 5.95 Å². The van der Waals surface area contributed by atoms with Crippen molar-refractivity contribution in [3.63, 3.8) is 0 Å². The number of nitrogens with one attached hydrogen (secondary N) is 1. The van der Waals surface area contributed by atoms with E-state index in [0.717, 1.165) is 24.3 Å². The number of nitrogens with zero attached hydrogens (tertiary/aromatic N) is 2. The first-order valence-electron chi connectivity index (χ1n) is 8.09. The number of halogens is 5. The number of hydrogen-bond acceptors (Lipinski definition) is 5. The molecule has 0 radical (unpaired) electrons. The third-order valence-corrected chi connectivity index (χ3v) is 5.42. The quantitative estimate of drug-likeness (QED) is 0.437. The van der Waals surface area contributed by atoms with E-state index in [9.17, 15) is 26.0 Å². The number of methoxy groups -OCH3 is 1. The van der Waals surface area contributed by atoms with Crippen LogP contribution in [0, 0.1) is 5.95 Å². The predicted molar refractivity (Wildman–Crippen MR) is 101 cm³/mol. The number of ether oxygens (including phenoxy) is 1. The monoisotopic (exact) mass is 461 g/mol. The molecular formula is C18H12ClF4N3O3S. The number of rotatable bonds is 5. The standard InChI is InChI=1S/C18H12ClF4N3O3S/c1-29-10-5-7-13(19)11(9-10)17-12(18(21,22)23)6-8-15(25-17)26-30(27,28)16-4-2-3-14(20)24-16/h2-9H,1H3,(H,25,26). The Morgan fingerprint density at radius 2 is 1.80 bits per heavy atom. The molecule has 6 nitrogen and oxygen atoms in total. The normalized spacial score (nSPS) is 11.9. The van der Waals surface area contributed by atoms with Crippen LogP contribution in [0.3, 0.4) is 0 Å². The molecule has 0 spiro atoms. The van der Waals surface area contributed by atoms with Crippen molar-refractivity contribution in [3.05, 3.63) is 65.1 Å². The molecule has 2 aromatic heterocycles. The molecule has 0 saturated carbocycles. The van der Waals surface area contributed by atoms with Gasteiger partial charge in [-0.25, -0.2) is 9.97 Å². The van der Waals surface area contributed by atoms with Gasteiger partial charge in [-0.05, 0) is 42.5 Å². The zero-order valence-electron chi connectivity index (χ0n) is 15.0. The van der Waals surface area contributed by atoms with Gasteiger partial charge in [-0.1, -0.05) is 17.7 Å². The lowest BCUT2D eigenvalue weighted by molar-refractivity contribution is -0.137. The Morgan fingerprint density at radius 1 is 1.07 bits per heavy atom. The molecule has 0 fully saturated rings. The molecule has 0 aliphatic rings. The lowest BCUT2D eigenvalue weighted by Gasteiger charge is -2.16. The fourth-order valence-corrected chi connectivity index (χ4v) is 3.66. The van der Waals surface area contributed by atoms with Crippen LogP contribution in [0.2, 0.25) is 5.02 Å². The Hall–Kier alpha value is -2.92. The molecule has 0 atom stereocenters. The number of sulfonamides is 1. The molecule has 0 aliphatic heterocycles. The molecule has 2 heterocycles. The van der Waals surface area contributed by atoms with E-state index in [1.807, 2.05) is 4.72 Å². The molecular weight excluding hydrogens is 450 g/mol. The van der Waals surface area contributed by atoms with Crippen LogP contribution in [-0.2, 0) is 16.2 Å². The smallest absolute Gasteiger partial charge is 0.418 e. The summed E-state index contributed by atoms with van der Waals surface area (Å²) < 4.78 is 85.6. The second kappa shape index (κ2) is 8.07. The molecule has 0 unspecified atom stereocenters. The highest BCUT2D eigenvalue weighted by Crippen LogP contribution is 2.40. The van der Waals surface area contributed by atoms with E-state index >= 15 is 0 Å². The summed E-state index contributed by atoms with van der Waals surface area (Å²) in [6, 6.07) is 8.59. The van der Waals surface area contributed by atoms with Crippen LogP contribution in [0.4, 0.5) is 23.4 Å². The van der Waals surface area contributed by atoms with E-state index in [1.54, 1.807) is 0 Å². The summed E-state index contributed by atoms with van der Waals surface area (Å²) in [6.45, 7) is 0. The van der Waals surface area contributed by atoms with Crippen molar-refractivity contribution < 1.29 is 30.7 Å². The minimum atomic E-state index is -4.80. The van der Waals surface area contributed by atoms with Gasteiger partial charge in [0.1, 0.15) is 11.6 Å². The second-order valence-electron chi connectivity index (χ2n) is 5.84. The number of hydrogen-bond donors (Lipinski definition) is 1. The van der Waals surface area contributed by atoms with Gasteiger partial charge in [0.25, 0.3) is 10.0 Å². The van der Waals surface area contributed by atoms with E-state index in [2.05, 4.69) is 9.97 Å². The van der Waals surface area contributed by atoms with Crippen molar-refractivity contribution in [2.45, 2.75) is 11.2 Å². The number of alkyl halides is 3. The third kappa shape index (κ3) is 4.62. The van der Waals surface area contributed by atoms with E-state index in [-0.39, 0.29) is 16.3 Å². The Bertz CT molecular complexity index is 1200. The molecule has 3 rings (SSSR count). The van der Waals surface area contributed by atoms with Crippen LogP contribution in [0.1, 0.15) is 5.56 Å². The van der Waals surface area contributed by atoms with Crippen LogP contribution < -0.4 is 9.46 Å². The van der Waals surface area contributed by atoms with Crippen molar-refractivity contribution in [1.29, 1.82) is 0 Å². The highest BCUT2D eigenvalue weighted by molar-refractivity contribution is 7.92. The number of aromatic nitrogens is 2. The molecule has 12 heteroatoms. The van der Waals surface area contributed by atoms with Gasteiger partial charge < -0.3 is 4.74 Å². The second-order valence-corrected chi connectivity index (χ2v) is 7.88. The van der Waals surface area contributed by atoms with Crippen molar-refractivity contribution in [1.82, 2.24) is 9.97 Å². The van der Waals surface area contributed by atoms with E-state index in [1.165, 1.54) is 25.3 Å². The van der Waals surface area contributed by atoms with Gasteiger partial charge in [0.05, 0.1) is 23.4 Å². The lowest BCUT2D eigenvalue weighted by atomic mass is 10.0. The van der Waals surface area contributed by atoms with Crippen LogP contribution in [0.15, 0.2) is 53.6 Å². The van der Waals surface area contributed by atoms with Gasteiger partial charge in [-0.15, -0.1) is 0 Å². The molecule has 0 aliphatic carbocycles. The van der Waals surface area contributed by atoms with Crippen LogP contribution in [-0.4, -0.2) is 25.5 Å². The zero-order valence-corrected chi connectivity index (χ0v) is 16.6. The molecule has 0 saturated heterocycles. The Morgan fingerprint density at radius 3 is 2.43 bits per heavy atom. The average molecular weight is 462 g/mol. The van der Waals surface area contributed by atoms with Crippen molar-refractivity contribution in [2.75, 3.05) is 11.8 Å². The summed E-state index contributed by atoms with van der Waals surface area (Å²) in [4.78, 5) is 7.06. The maximum absolute atomic E-state index is 13.5. The Kier molecular flexibility index (Phi) is 5.86. The maximum Gasteiger partial charge on any atom is 0.418 e. The fourth-order valence-electron chi connectivity index (χ4n) is 2.49. The summed E-state index contributed by atoms with van der Waals surface area (Å²) in [5.74, 6) is -1.26. The van der Waals surface area contributed by atoms with Crippen LogP contribution >= 0.6 is 11.6 Å². The average Bonchev–Trinajstić information content (AvgIpc) is 2.67. The van der Waals surface area contributed by atoms with Gasteiger partial charge in [-0.2, -0.15) is 26.0 Å². The molecule has 1 N–H and O–H groups in total. The molecule has 3 aromatic rings. The van der Waals surface area contributed by atoms with Crippen LogP contribution in [0.5, 0.6) is 5.75 Å². The lowest BCUT2D eigenvalue weighted by Crippen LogP contribution is -2.17. The fraction of sp³-hybridized carbons (Fsp3) is 0.111. The highest BCUT2D eigenvalue weighted by Gasteiger charge is 2.35. The van der Waals surface area contributed by atoms with Crippen molar-refractivity contribution in [2.24, 2.45) is 0 Å². The van der Waals surface area contributed by atoms with E-state index in [0.29, 0.717) is 6.07 Å². The summed E-state index contributed by atoms with van der Waals surface area (Å²) in [7, 11) is -3.09. The van der Waals surface area contributed by atoms with Crippen LogP contribution in [0.25, 0.3) is 11.3 Å². The molecule has 30 heavy (non-hydrogen) atoms. The molecule has 158 valence electrons. The summed E-state index contributed by atoms with van der Waals surface area (Å²) >= 11 is 6.06. The van der Waals surface area contributed by atoms with E-state index < -0.39 is 44.2 Å². The number of anilines is 1. The predicted octanol–water partition coefficient (Wildman–Crippen LogP) is 4.76. The first-order valence-corrected chi connectivity index (χ1v) is 9.95. The van der Waals surface area contributed by atoms with Crippen molar-refractivity contribution in [3.8, 4) is 17.0 Å². The van der Waals surface area contributed by atoms with Crippen molar-refractivity contribution >= 4 is 27.4 Å². The van der Waals surface area contributed by atoms with Gasteiger partial charge in [0, 0.05) is 5.56 Å². The largest absolute Gasteiger partial charge is 0.497 e. The summed E-state index contributed by atoms with van der Waals surface area (Å²) in [6.07, 6.45) is -4.80. The first-order chi connectivity index (χ1) is 14.0. The van der Waals surface area contributed by atoms with Gasteiger partial charge in [0.15, 0.2) is 5.03 Å². The maximum atomic E-state index is 13.5. The summed E-state index contributed by atoms with van der Waals surface area (Å²) in [5, 5.41) is -0.717. The highest BCUT2D eigenvalue weighted by atomic mass is 35.5. The molecule has 1 aromatic carbocycles. The molecule has 0 amide bonds. The summed E-state index contributed by atoms with van der Waals surface area (Å²) in [5.41, 5.74) is -1.86. The zero-order chi connectivity index (χ0) is 22.1.